The molecule has 5 N–H and O–H groups in total. The van der Waals surface area contributed by atoms with Crippen molar-refractivity contribution in [2.45, 2.75) is 52.4 Å². The largest absolute Gasteiger partial charge is 0.390 e. The van der Waals surface area contributed by atoms with Crippen molar-refractivity contribution in [3.05, 3.63) is 12.7 Å². The number of anilines is 1. The van der Waals surface area contributed by atoms with Crippen LogP contribution in [0.4, 0.5) is 5.82 Å². The lowest BCUT2D eigenvalue weighted by Crippen LogP contribution is -2.42. The van der Waals surface area contributed by atoms with Crippen LogP contribution in [0.25, 0.3) is 11.2 Å². The first-order chi connectivity index (χ1) is 11.9. The Morgan fingerprint density at radius 1 is 1.16 bits per heavy atom. The van der Waals surface area contributed by atoms with E-state index in [2.05, 4.69) is 34.1 Å². The van der Waals surface area contributed by atoms with Crippen LogP contribution in [0.1, 0.15) is 40.2 Å². The van der Waals surface area contributed by atoms with E-state index in [1.807, 2.05) is 13.8 Å². The van der Waals surface area contributed by atoms with E-state index in [0.29, 0.717) is 17.0 Å². The van der Waals surface area contributed by atoms with Crippen molar-refractivity contribution in [2.75, 3.05) is 18.8 Å². The first-order valence-electron chi connectivity index (χ1n) is 8.88. The van der Waals surface area contributed by atoms with Crippen LogP contribution in [0.15, 0.2) is 12.7 Å². The molecule has 3 unspecified atom stereocenters. The number of aliphatic hydroxyl groups is 2. The second-order valence-electron chi connectivity index (χ2n) is 6.85. The summed E-state index contributed by atoms with van der Waals surface area (Å²) < 4.78 is 1.73. The fraction of sp³-hybridized carbons (Fsp3) is 0.706. The van der Waals surface area contributed by atoms with E-state index in [9.17, 15) is 10.2 Å². The zero-order chi connectivity index (χ0) is 18.6. The maximum atomic E-state index is 10.7. The summed E-state index contributed by atoms with van der Waals surface area (Å²) in [5.41, 5.74) is 6.86. The Kier molecular flexibility index (Phi) is 6.69. The lowest BCUT2D eigenvalue weighted by Gasteiger charge is -2.32. The van der Waals surface area contributed by atoms with Crippen LogP contribution in [0, 0.1) is 11.8 Å². The summed E-state index contributed by atoms with van der Waals surface area (Å²) in [6.45, 7) is 9.76. The number of nitrogens with two attached hydrogens (primary N) is 1. The standard InChI is InChI=1S/C17H30N6O2/c1-5-6-19-7-10(2)11(3)14(24)15(25)12(4)23-9-22-13-16(18)20-8-21-17(13)23/h8-12,14-15,19,24-25H,5-7H2,1-4H3,(H2,18,20,21)/t10-,11-,12?,14?,15?/m1/s1. The predicted octanol–water partition coefficient (Wildman–Crippen LogP) is 0.963. The van der Waals surface area contributed by atoms with Crippen LogP contribution in [0.2, 0.25) is 0 Å². The first-order valence-corrected chi connectivity index (χ1v) is 8.88. The van der Waals surface area contributed by atoms with Gasteiger partial charge in [-0.1, -0.05) is 20.8 Å². The van der Waals surface area contributed by atoms with Crippen LogP contribution in [0.3, 0.4) is 0 Å². The Morgan fingerprint density at radius 3 is 2.56 bits per heavy atom. The molecule has 25 heavy (non-hydrogen) atoms. The van der Waals surface area contributed by atoms with Crippen molar-refractivity contribution >= 4 is 17.0 Å². The molecule has 0 aliphatic rings. The van der Waals surface area contributed by atoms with Gasteiger partial charge in [-0.2, -0.15) is 0 Å². The second-order valence-corrected chi connectivity index (χ2v) is 6.85. The average molecular weight is 350 g/mol. The molecule has 8 heteroatoms. The van der Waals surface area contributed by atoms with Crippen LogP contribution < -0.4 is 11.1 Å². The lowest BCUT2D eigenvalue weighted by atomic mass is 9.86. The van der Waals surface area contributed by atoms with Gasteiger partial charge in [-0.3, -0.25) is 0 Å². The van der Waals surface area contributed by atoms with E-state index in [4.69, 9.17) is 5.73 Å². The third-order valence-corrected chi connectivity index (χ3v) is 5.00. The highest BCUT2D eigenvalue weighted by Gasteiger charge is 2.32. The molecule has 2 aromatic heterocycles. The van der Waals surface area contributed by atoms with Crippen molar-refractivity contribution in [2.24, 2.45) is 11.8 Å². The molecule has 0 saturated carbocycles. The highest BCUT2D eigenvalue weighted by molar-refractivity contribution is 5.81. The maximum absolute atomic E-state index is 10.7. The predicted molar refractivity (Wildman–Crippen MR) is 97.9 cm³/mol. The number of imidazole rings is 1. The molecule has 0 radical (unpaired) electrons. The number of hydrogen-bond donors (Lipinski definition) is 4. The molecule has 0 aliphatic carbocycles. The van der Waals surface area contributed by atoms with E-state index in [0.717, 1.165) is 19.5 Å². The number of nitrogen functional groups attached to an aromatic ring is 1. The van der Waals surface area contributed by atoms with Gasteiger partial charge in [0.05, 0.1) is 18.5 Å². The number of aliphatic hydroxyl groups excluding tert-OH is 2. The number of aromatic nitrogens is 4. The zero-order valence-electron chi connectivity index (χ0n) is 15.4. The number of nitrogens with zero attached hydrogens (tertiary/aromatic N) is 4. The van der Waals surface area contributed by atoms with Crippen LogP contribution >= 0.6 is 0 Å². The molecule has 5 atom stereocenters. The SMILES string of the molecule is CCCNC[C@@H](C)[C@@H](C)C(O)C(O)C(C)n1cnc2c(N)ncnc21. The minimum Gasteiger partial charge on any atom is -0.390 e. The minimum absolute atomic E-state index is 0.0590. The Bertz CT molecular complexity index is 676. The Morgan fingerprint density at radius 2 is 1.88 bits per heavy atom. The van der Waals surface area contributed by atoms with Gasteiger partial charge >= 0.3 is 0 Å². The van der Waals surface area contributed by atoms with Crippen molar-refractivity contribution in [1.29, 1.82) is 0 Å². The summed E-state index contributed by atoms with van der Waals surface area (Å²) in [6, 6.07) is -0.396. The Labute approximate surface area is 148 Å². The van der Waals surface area contributed by atoms with Crippen LogP contribution in [0.5, 0.6) is 0 Å². The number of fused-ring (bicyclic) bond motifs is 1. The van der Waals surface area contributed by atoms with Gasteiger partial charge in [-0.15, -0.1) is 0 Å². The summed E-state index contributed by atoms with van der Waals surface area (Å²) in [5, 5.41) is 24.7. The van der Waals surface area contributed by atoms with E-state index in [-0.39, 0.29) is 11.8 Å². The van der Waals surface area contributed by atoms with Crippen LogP contribution in [-0.2, 0) is 0 Å². The molecular formula is C17H30N6O2. The number of nitrogens with one attached hydrogen (secondary N) is 1. The van der Waals surface area contributed by atoms with Crippen LogP contribution in [-0.4, -0.2) is 55.0 Å². The molecule has 0 spiro atoms. The van der Waals surface area contributed by atoms with Crippen molar-refractivity contribution in [3.63, 3.8) is 0 Å². The second kappa shape index (κ2) is 8.55. The van der Waals surface area contributed by atoms with Gasteiger partial charge in [-0.25, -0.2) is 15.0 Å². The lowest BCUT2D eigenvalue weighted by molar-refractivity contribution is -0.0472. The summed E-state index contributed by atoms with van der Waals surface area (Å²) in [4.78, 5) is 12.3. The van der Waals surface area contributed by atoms with Gasteiger partial charge in [0.1, 0.15) is 17.9 Å². The monoisotopic (exact) mass is 350 g/mol. The third kappa shape index (κ3) is 4.26. The highest BCUT2D eigenvalue weighted by Crippen LogP contribution is 2.26. The van der Waals surface area contributed by atoms with E-state index in [1.165, 1.54) is 6.33 Å². The normalized spacial score (nSPS) is 18.0. The summed E-state index contributed by atoms with van der Waals surface area (Å²) >= 11 is 0. The van der Waals surface area contributed by atoms with E-state index in [1.54, 1.807) is 10.9 Å². The molecule has 0 amide bonds. The number of hydrogen-bond acceptors (Lipinski definition) is 7. The summed E-state index contributed by atoms with van der Waals surface area (Å²) in [7, 11) is 0. The van der Waals surface area contributed by atoms with Gasteiger partial charge in [0.15, 0.2) is 11.5 Å². The van der Waals surface area contributed by atoms with E-state index >= 15 is 0 Å². The molecule has 0 saturated heterocycles. The topological polar surface area (TPSA) is 122 Å². The average Bonchev–Trinajstić information content (AvgIpc) is 3.04. The van der Waals surface area contributed by atoms with Gasteiger partial charge < -0.3 is 25.8 Å². The molecule has 0 bridgehead atoms. The molecule has 2 aromatic rings. The molecule has 2 heterocycles. The van der Waals surface area contributed by atoms with Gasteiger partial charge in [-0.05, 0) is 38.3 Å². The zero-order valence-corrected chi connectivity index (χ0v) is 15.4. The van der Waals surface area contributed by atoms with Gasteiger partial charge in [0, 0.05) is 0 Å². The maximum Gasteiger partial charge on any atom is 0.165 e. The molecular weight excluding hydrogens is 320 g/mol. The molecule has 8 nitrogen and oxygen atoms in total. The van der Waals surface area contributed by atoms with Gasteiger partial charge in [0.25, 0.3) is 0 Å². The molecule has 2 rings (SSSR count). The fourth-order valence-corrected chi connectivity index (χ4v) is 2.96. The Balaban J connectivity index is 2.09. The van der Waals surface area contributed by atoms with Gasteiger partial charge in [0.2, 0.25) is 0 Å². The van der Waals surface area contributed by atoms with Crippen molar-refractivity contribution in [3.8, 4) is 0 Å². The smallest absolute Gasteiger partial charge is 0.165 e. The number of rotatable bonds is 9. The first kappa shape index (κ1) is 19.6. The third-order valence-electron chi connectivity index (χ3n) is 5.00. The highest BCUT2D eigenvalue weighted by atomic mass is 16.3. The molecule has 0 aliphatic heterocycles. The fourth-order valence-electron chi connectivity index (χ4n) is 2.96. The van der Waals surface area contributed by atoms with Crippen molar-refractivity contribution < 1.29 is 10.2 Å². The minimum atomic E-state index is -0.947. The summed E-state index contributed by atoms with van der Waals surface area (Å²) in [5.74, 6) is 0.479. The molecule has 0 fully saturated rings. The summed E-state index contributed by atoms with van der Waals surface area (Å²) in [6.07, 6.45) is 2.22. The molecule has 140 valence electrons. The van der Waals surface area contributed by atoms with Crippen molar-refractivity contribution in [1.82, 2.24) is 24.8 Å². The quantitative estimate of drug-likeness (QED) is 0.497. The van der Waals surface area contributed by atoms with E-state index < -0.39 is 18.2 Å². The Hall–Kier alpha value is -1.77. The molecule has 0 aromatic carbocycles.